The number of amides is 1. The van der Waals surface area contributed by atoms with Crippen molar-refractivity contribution in [2.75, 3.05) is 6.61 Å². The molecule has 1 amide bonds. The van der Waals surface area contributed by atoms with E-state index >= 15 is 0 Å². The highest BCUT2D eigenvalue weighted by molar-refractivity contribution is 5.81. The molecule has 0 heterocycles. The topological polar surface area (TPSA) is 84.9 Å². The lowest BCUT2D eigenvalue weighted by molar-refractivity contribution is -0.157. The van der Waals surface area contributed by atoms with Crippen LogP contribution in [-0.2, 0) is 14.3 Å². The molecular formula is C14H27NO5. The fourth-order valence-corrected chi connectivity index (χ4v) is 1.37. The number of nitrogens with one attached hydrogen (secondary N) is 1. The van der Waals surface area contributed by atoms with E-state index < -0.39 is 29.3 Å². The molecule has 118 valence electrons. The number of alkyl carbamates (subject to hydrolysis) is 1. The molecule has 0 aromatic heterocycles. The summed E-state index contributed by atoms with van der Waals surface area (Å²) in [6.07, 6.45) is 0.0102. The number of aliphatic hydroxyl groups excluding tert-OH is 1. The zero-order valence-electron chi connectivity index (χ0n) is 13.3. The number of ether oxygens (including phenoxy) is 2. The molecule has 0 saturated carbocycles. The van der Waals surface area contributed by atoms with E-state index in [-0.39, 0.29) is 6.61 Å². The summed E-state index contributed by atoms with van der Waals surface area (Å²) in [5, 5.41) is 11.3. The van der Waals surface area contributed by atoms with Gasteiger partial charge in [-0.15, -0.1) is 0 Å². The maximum atomic E-state index is 12.0. The Labute approximate surface area is 120 Å². The Balaban J connectivity index is 4.63. The standard InChI is InChI=1S/C14H27NO5/c1-13(2,3)19-11(17)10(8-7-9-16)15-12(18)20-14(4,5)6/h10,16H,7-9H2,1-6H3,(H,15,18)/t10-/m0/s1. The van der Waals surface area contributed by atoms with Crippen LogP contribution in [0.5, 0.6) is 0 Å². The molecular weight excluding hydrogens is 262 g/mol. The van der Waals surface area contributed by atoms with Gasteiger partial charge in [0.05, 0.1) is 0 Å². The first-order valence-electron chi connectivity index (χ1n) is 6.78. The Morgan fingerprint density at radius 3 is 1.95 bits per heavy atom. The van der Waals surface area contributed by atoms with Crippen LogP contribution in [-0.4, -0.2) is 41.0 Å². The number of esters is 1. The molecule has 0 fully saturated rings. The van der Waals surface area contributed by atoms with Gasteiger partial charge < -0.3 is 19.9 Å². The molecule has 6 heteroatoms. The van der Waals surface area contributed by atoms with Gasteiger partial charge in [-0.1, -0.05) is 0 Å². The predicted octanol–water partition coefficient (Wildman–Crippen LogP) is 1.99. The van der Waals surface area contributed by atoms with Crippen molar-refractivity contribution in [1.82, 2.24) is 5.32 Å². The van der Waals surface area contributed by atoms with E-state index in [1.165, 1.54) is 0 Å². The van der Waals surface area contributed by atoms with E-state index in [0.29, 0.717) is 12.8 Å². The Kier molecular flexibility index (Phi) is 6.99. The van der Waals surface area contributed by atoms with Crippen molar-refractivity contribution in [3.63, 3.8) is 0 Å². The Bertz CT molecular complexity index is 327. The predicted molar refractivity (Wildman–Crippen MR) is 75.3 cm³/mol. The van der Waals surface area contributed by atoms with Crippen LogP contribution in [0.4, 0.5) is 4.79 Å². The van der Waals surface area contributed by atoms with E-state index in [9.17, 15) is 9.59 Å². The third-order valence-corrected chi connectivity index (χ3v) is 2.03. The summed E-state index contributed by atoms with van der Waals surface area (Å²) in [6.45, 7) is 10.4. The first kappa shape index (κ1) is 18.7. The lowest BCUT2D eigenvalue weighted by Crippen LogP contribution is -2.46. The van der Waals surface area contributed by atoms with Gasteiger partial charge >= 0.3 is 12.1 Å². The zero-order chi connectivity index (χ0) is 16.0. The highest BCUT2D eigenvalue weighted by Gasteiger charge is 2.28. The van der Waals surface area contributed by atoms with Crippen LogP contribution in [0.3, 0.4) is 0 Å². The normalized spacial score (nSPS) is 13.6. The fraction of sp³-hybridized carbons (Fsp3) is 0.857. The molecule has 0 aliphatic carbocycles. The second-order valence-electron chi connectivity index (χ2n) is 6.60. The average Bonchev–Trinajstić information content (AvgIpc) is 2.18. The van der Waals surface area contributed by atoms with E-state index in [4.69, 9.17) is 14.6 Å². The van der Waals surface area contributed by atoms with Gasteiger partial charge in [0.2, 0.25) is 0 Å². The zero-order valence-corrected chi connectivity index (χ0v) is 13.3. The summed E-state index contributed by atoms with van der Waals surface area (Å²) in [5.41, 5.74) is -1.27. The van der Waals surface area contributed by atoms with Crippen LogP contribution in [0.1, 0.15) is 54.4 Å². The molecule has 0 spiro atoms. The van der Waals surface area contributed by atoms with Crippen molar-refractivity contribution in [1.29, 1.82) is 0 Å². The summed E-state index contributed by atoms with van der Waals surface area (Å²) < 4.78 is 10.3. The minimum absolute atomic E-state index is 0.0602. The molecule has 6 nitrogen and oxygen atoms in total. The number of carbonyl (C=O) groups excluding carboxylic acids is 2. The highest BCUT2D eigenvalue weighted by atomic mass is 16.6. The van der Waals surface area contributed by atoms with Crippen molar-refractivity contribution >= 4 is 12.1 Å². The first-order chi connectivity index (χ1) is 8.94. The van der Waals surface area contributed by atoms with Gasteiger partial charge in [-0.05, 0) is 54.4 Å². The summed E-state index contributed by atoms with van der Waals surface area (Å²) in [6, 6.07) is -0.823. The summed E-state index contributed by atoms with van der Waals surface area (Å²) in [7, 11) is 0. The van der Waals surface area contributed by atoms with Crippen molar-refractivity contribution < 1.29 is 24.2 Å². The van der Waals surface area contributed by atoms with E-state index in [0.717, 1.165) is 0 Å². The van der Waals surface area contributed by atoms with Gasteiger partial charge in [-0.25, -0.2) is 9.59 Å². The van der Waals surface area contributed by atoms with Crippen molar-refractivity contribution in [2.45, 2.75) is 71.6 Å². The quantitative estimate of drug-likeness (QED) is 0.756. The molecule has 20 heavy (non-hydrogen) atoms. The minimum Gasteiger partial charge on any atom is -0.458 e. The number of aliphatic hydroxyl groups is 1. The van der Waals surface area contributed by atoms with Crippen molar-refractivity contribution in [3.05, 3.63) is 0 Å². The SMILES string of the molecule is CC(C)(C)OC(=O)N[C@@H](CCCO)C(=O)OC(C)(C)C. The second kappa shape index (κ2) is 7.47. The summed E-state index contributed by atoms with van der Waals surface area (Å²) in [4.78, 5) is 23.7. The van der Waals surface area contributed by atoms with Crippen LogP contribution in [0.15, 0.2) is 0 Å². The van der Waals surface area contributed by atoms with Crippen molar-refractivity contribution in [3.8, 4) is 0 Å². The number of carbonyl (C=O) groups is 2. The first-order valence-corrected chi connectivity index (χ1v) is 6.78. The molecule has 2 N–H and O–H groups in total. The number of hydrogen-bond acceptors (Lipinski definition) is 5. The molecule has 0 rings (SSSR count). The van der Waals surface area contributed by atoms with Crippen molar-refractivity contribution in [2.24, 2.45) is 0 Å². The van der Waals surface area contributed by atoms with E-state index in [1.54, 1.807) is 41.5 Å². The molecule has 0 radical (unpaired) electrons. The molecule has 0 aromatic carbocycles. The fourth-order valence-electron chi connectivity index (χ4n) is 1.37. The number of hydrogen-bond donors (Lipinski definition) is 2. The van der Waals surface area contributed by atoms with Crippen LogP contribution in [0, 0.1) is 0 Å². The van der Waals surface area contributed by atoms with Crippen LogP contribution >= 0.6 is 0 Å². The Morgan fingerprint density at radius 2 is 1.55 bits per heavy atom. The second-order valence-corrected chi connectivity index (χ2v) is 6.60. The lowest BCUT2D eigenvalue weighted by atomic mass is 10.1. The van der Waals surface area contributed by atoms with Crippen LogP contribution in [0.25, 0.3) is 0 Å². The van der Waals surface area contributed by atoms with Crippen LogP contribution in [0.2, 0.25) is 0 Å². The Hall–Kier alpha value is -1.30. The third-order valence-electron chi connectivity index (χ3n) is 2.03. The van der Waals surface area contributed by atoms with Gasteiger partial charge in [-0.2, -0.15) is 0 Å². The average molecular weight is 289 g/mol. The van der Waals surface area contributed by atoms with Gasteiger partial charge in [0.15, 0.2) is 0 Å². The lowest BCUT2D eigenvalue weighted by Gasteiger charge is -2.26. The molecule has 1 atom stereocenters. The van der Waals surface area contributed by atoms with E-state index in [2.05, 4.69) is 5.32 Å². The van der Waals surface area contributed by atoms with Gasteiger partial charge in [0, 0.05) is 6.61 Å². The molecule has 0 aliphatic rings. The van der Waals surface area contributed by atoms with Crippen LogP contribution < -0.4 is 5.32 Å². The molecule has 0 saturated heterocycles. The largest absolute Gasteiger partial charge is 0.458 e. The minimum atomic E-state index is -0.823. The number of rotatable bonds is 5. The smallest absolute Gasteiger partial charge is 0.408 e. The maximum Gasteiger partial charge on any atom is 0.408 e. The monoisotopic (exact) mass is 289 g/mol. The maximum absolute atomic E-state index is 12.0. The summed E-state index contributed by atoms with van der Waals surface area (Å²) >= 11 is 0. The highest BCUT2D eigenvalue weighted by Crippen LogP contribution is 2.12. The molecule has 0 bridgehead atoms. The van der Waals surface area contributed by atoms with Gasteiger partial charge in [0.1, 0.15) is 17.2 Å². The van der Waals surface area contributed by atoms with E-state index in [1.807, 2.05) is 0 Å². The molecule has 0 unspecified atom stereocenters. The molecule has 0 aliphatic heterocycles. The van der Waals surface area contributed by atoms with Gasteiger partial charge in [0.25, 0.3) is 0 Å². The third kappa shape index (κ3) is 9.61. The molecule has 0 aromatic rings. The summed E-state index contributed by atoms with van der Waals surface area (Å²) in [5.74, 6) is -0.531. The van der Waals surface area contributed by atoms with Gasteiger partial charge in [-0.3, -0.25) is 0 Å². The Morgan fingerprint density at radius 1 is 1.05 bits per heavy atom.